The van der Waals surface area contributed by atoms with Crippen LogP contribution in [-0.2, 0) is 9.84 Å². The minimum Gasteiger partial charge on any atom is -0.343 e. The van der Waals surface area contributed by atoms with Crippen LogP contribution in [0.15, 0.2) is 0 Å². The Morgan fingerprint density at radius 2 is 2.27 bits per heavy atom. The second kappa shape index (κ2) is 3.54. The molecule has 66 valence electrons. The highest BCUT2D eigenvalue weighted by atomic mass is 32.2. The molecule has 3 nitrogen and oxygen atoms in total. The molecule has 0 aliphatic carbocycles. The van der Waals surface area contributed by atoms with Crippen molar-refractivity contribution in [2.24, 2.45) is 0 Å². The Hall–Kier alpha value is -0.0900. The molecule has 1 heterocycles. The van der Waals surface area contributed by atoms with Crippen molar-refractivity contribution in [2.45, 2.75) is 25.8 Å². The zero-order chi connectivity index (χ0) is 8.32. The number of hydrogen-bond acceptors (Lipinski definition) is 2. The molecule has 0 bridgehead atoms. The number of nitrogens with two attached hydrogens (primary N) is 1. The van der Waals surface area contributed by atoms with Crippen LogP contribution in [0.1, 0.15) is 19.8 Å². The Bertz CT molecular complexity index is 210. The molecule has 0 saturated carbocycles. The van der Waals surface area contributed by atoms with Crippen LogP contribution in [0.4, 0.5) is 0 Å². The molecule has 1 aliphatic rings. The van der Waals surface area contributed by atoms with Gasteiger partial charge in [0.25, 0.3) is 0 Å². The average Bonchev–Trinajstić information content (AvgIpc) is 2.26. The smallest absolute Gasteiger partial charge is 0.156 e. The fourth-order valence-corrected chi connectivity index (χ4v) is 3.20. The summed E-state index contributed by atoms with van der Waals surface area (Å²) in [6.07, 6.45) is 1.97. The van der Waals surface area contributed by atoms with E-state index in [4.69, 9.17) is 0 Å². The highest BCUT2D eigenvalue weighted by Gasteiger charge is 2.29. The maximum Gasteiger partial charge on any atom is 0.156 e. The largest absolute Gasteiger partial charge is 0.343 e. The van der Waals surface area contributed by atoms with Crippen molar-refractivity contribution >= 4 is 9.84 Å². The summed E-state index contributed by atoms with van der Waals surface area (Å²) in [5.74, 6) is 0.797. The van der Waals surface area contributed by atoms with E-state index in [1.165, 1.54) is 0 Å². The Morgan fingerprint density at radius 1 is 1.55 bits per heavy atom. The summed E-state index contributed by atoms with van der Waals surface area (Å²) in [6.45, 7) is 3.17. The first-order chi connectivity index (χ1) is 5.14. The third-order valence-corrected chi connectivity index (χ3v) is 3.85. The second-order valence-corrected chi connectivity index (χ2v) is 5.42. The first-order valence-corrected chi connectivity index (χ1v) is 6.00. The van der Waals surface area contributed by atoms with Crippen LogP contribution in [0.5, 0.6) is 0 Å². The van der Waals surface area contributed by atoms with Crippen LogP contribution in [-0.4, -0.2) is 32.5 Å². The molecule has 2 N–H and O–H groups in total. The van der Waals surface area contributed by atoms with Crippen LogP contribution in [0.25, 0.3) is 0 Å². The quantitative estimate of drug-likeness (QED) is 0.612. The molecule has 1 fully saturated rings. The molecule has 0 aromatic carbocycles. The maximum absolute atomic E-state index is 11.0. The Morgan fingerprint density at radius 3 is 2.73 bits per heavy atom. The topological polar surface area (TPSA) is 50.8 Å². The van der Waals surface area contributed by atoms with Crippen molar-refractivity contribution in [3.05, 3.63) is 0 Å². The van der Waals surface area contributed by atoms with Gasteiger partial charge in [-0.05, 0) is 6.42 Å². The molecule has 0 aromatic rings. The maximum atomic E-state index is 11.0. The van der Waals surface area contributed by atoms with Crippen LogP contribution < -0.4 is 5.32 Å². The van der Waals surface area contributed by atoms with Gasteiger partial charge in [0.05, 0.1) is 12.3 Å². The van der Waals surface area contributed by atoms with E-state index in [0.29, 0.717) is 17.5 Å². The van der Waals surface area contributed by atoms with Crippen LogP contribution in [0, 0.1) is 0 Å². The molecular weight excluding hydrogens is 162 g/mol. The van der Waals surface area contributed by atoms with Crippen molar-refractivity contribution < 1.29 is 13.7 Å². The molecule has 4 heteroatoms. The van der Waals surface area contributed by atoms with E-state index < -0.39 is 9.84 Å². The number of sulfone groups is 1. The van der Waals surface area contributed by atoms with E-state index in [2.05, 4.69) is 12.2 Å². The Balaban J connectivity index is 2.31. The number of quaternary nitrogens is 1. The lowest BCUT2D eigenvalue weighted by Gasteiger charge is -2.04. The lowest BCUT2D eigenvalue weighted by Crippen LogP contribution is -2.90. The summed E-state index contributed by atoms with van der Waals surface area (Å²) in [4.78, 5) is 0. The molecule has 0 unspecified atom stereocenters. The second-order valence-electron chi connectivity index (χ2n) is 3.19. The van der Waals surface area contributed by atoms with Gasteiger partial charge in [-0.2, -0.15) is 0 Å². The molecular formula is C7H16NO2S+. The minimum atomic E-state index is -2.66. The van der Waals surface area contributed by atoms with Crippen LogP contribution in [0.3, 0.4) is 0 Å². The molecule has 0 spiro atoms. The van der Waals surface area contributed by atoms with Crippen molar-refractivity contribution in [1.29, 1.82) is 0 Å². The van der Waals surface area contributed by atoms with Gasteiger partial charge in [0.2, 0.25) is 0 Å². The third kappa shape index (κ3) is 2.79. The first-order valence-electron chi connectivity index (χ1n) is 4.18. The Kier molecular flexibility index (Phi) is 2.90. The molecule has 0 radical (unpaired) electrons. The van der Waals surface area contributed by atoms with Gasteiger partial charge >= 0.3 is 0 Å². The normalized spacial score (nSPS) is 29.0. The summed E-state index contributed by atoms with van der Waals surface area (Å²) in [5.41, 5.74) is 0. The number of hydrogen-bond donors (Lipinski definition) is 1. The fraction of sp³-hybridized carbons (Fsp3) is 1.00. The summed E-state index contributed by atoms with van der Waals surface area (Å²) in [6, 6.07) is 0.347. The monoisotopic (exact) mass is 178 g/mol. The van der Waals surface area contributed by atoms with Crippen LogP contribution in [0.2, 0.25) is 0 Å². The van der Waals surface area contributed by atoms with E-state index >= 15 is 0 Å². The van der Waals surface area contributed by atoms with E-state index in [9.17, 15) is 8.42 Å². The average molecular weight is 178 g/mol. The van der Waals surface area contributed by atoms with E-state index in [1.807, 2.05) is 0 Å². The summed E-state index contributed by atoms with van der Waals surface area (Å²) < 4.78 is 22.0. The van der Waals surface area contributed by atoms with Gasteiger partial charge in [0, 0.05) is 6.42 Å². The van der Waals surface area contributed by atoms with Gasteiger partial charge in [-0.3, -0.25) is 0 Å². The Labute approximate surface area is 68.1 Å². The standard InChI is InChI=1S/C7H15NO2S/c1-2-4-8-7-3-5-11(9,10)6-7/h7-8H,2-6H2,1H3/p+1/t7-/m0/s1. The number of rotatable bonds is 3. The van der Waals surface area contributed by atoms with E-state index in [0.717, 1.165) is 19.4 Å². The zero-order valence-corrected chi connectivity index (χ0v) is 7.73. The molecule has 0 amide bonds. The van der Waals surface area contributed by atoms with Crippen molar-refractivity contribution in [1.82, 2.24) is 0 Å². The summed E-state index contributed by atoms with van der Waals surface area (Å²) in [7, 11) is -2.66. The predicted octanol–water partition coefficient (Wildman–Crippen LogP) is -0.853. The summed E-state index contributed by atoms with van der Waals surface area (Å²) in [5, 5.41) is 2.16. The van der Waals surface area contributed by atoms with Crippen LogP contribution >= 0.6 is 0 Å². The van der Waals surface area contributed by atoms with E-state index in [1.54, 1.807) is 0 Å². The van der Waals surface area contributed by atoms with Gasteiger partial charge in [-0.1, -0.05) is 6.92 Å². The predicted molar refractivity (Wildman–Crippen MR) is 44.1 cm³/mol. The third-order valence-electron chi connectivity index (χ3n) is 2.06. The van der Waals surface area contributed by atoms with Gasteiger partial charge < -0.3 is 5.32 Å². The molecule has 11 heavy (non-hydrogen) atoms. The summed E-state index contributed by atoms with van der Waals surface area (Å²) >= 11 is 0. The highest BCUT2D eigenvalue weighted by molar-refractivity contribution is 7.91. The zero-order valence-electron chi connectivity index (χ0n) is 6.91. The van der Waals surface area contributed by atoms with Gasteiger partial charge in [0.1, 0.15) is 11.8 Å². The van der Waals surface area contributed by atoms with Crippen molar-refractivity contribution in [3.63, 3.8) is 0 Å². The van der Waals surface area contributed by atoms with E-state index in [-0.39, 0.29) is 0 Å². The molecule has 1 atom stereocenters. The lowest BCUT2D eigenvalue weighted by atomic mass is 10.2. The molecule has 1 saturated heterocycles. The molecule has 1 rings (SSSR count). The fourth-order valence-electron chi connectivity index (χ4n) is 1.41. The van der Waals surface area contributed by atoms with Gasteiger partial charge in [0.15, 0.2) is 9.84 Å². The highest BCUT2D eigenvalue weighted by Crippen LogP contribution is 2.07. The minimum absolute atomic E-state index is 0.347. The molecule has 0 aromatic heterocycles. The first kappa shape index (κ1) is 9.00. The lowest BCUT2D eigenvalue weighted by molar-refractivity contribution is -0.684. The van der Waals surface area contributed by atoms with Crippen molar-refractivity contribution in [3.8, 4) is 0 Å². The SMILES string of the molecule is CCC[NH2+][C@H]1CCS(=O)(=O)C1. The van der Waals surface area contributed by atoms with Gasteiger partial charge in [-0.25, -0.2) is 8.42 Å². The molecule has 1 aliphatic heterocycles. The van der Waals surface area contributed by atoms with Crippen molar-refractivity contribution in [2.75, 3.05) is 18.1 Å². The van der Waals surface area contributed by atoms with Gasteiger partial charge in [-0.15, -0.1) is 0 Å².